The van der Waals surface area contributed by atoms with E-state index in [-0.39, 0.29) is 0 Å². The van der Waals surface area contributed by atoms with Gasteiger partial charge in [0.15, 0.2) is 0 Å². The highest BCUT2D eigenvalue weighted by Crippen LogP contribution is 2.27. The summed E-state index contributed by atoms with van der Waals surface area (Å²) < 4.78 is 0. The average Bonchev–Trinajstić information content (AvgIpc) is 2.44. The van der Waals surface area contributed by atoms with E-state index in [1.807, 2.05) is 0 Å². The number of rotatable bonds is 6. The molecule has 1 heterocycles. The van der Waals surface area contributed by atoms with Crippen LogP contribution in [0.15, 0.2) is 30.5 Å². The largest absolute Gasteiger partial charge is 0.354 e. The monoisotopic (exact) mass is 310 g/mol. The van der Waals surface area contributed by atoms with Crippen LogP contribution in [0.5, 0.6) is 0 Å². The van der Waals surface area contributed by atoms with Gasteiger partial charge in [0.05, 0.1) is 10.7 Å². The first-order valence-electron chi connectivity index (χ1n) is 6.48. The summed E-state index contributed by atoms with van der Waals surface area (Å²) in [5, 5.41) is 7.52. The summed E-state index contributed by atoms with van der Waals surface area (Å²) in [4.78, 5) is 8.55. The molecule has 2 rings (SSSR count). The minimum absolute atomic E-state index is 0.591. The van der Waals surface area contributed by atoms with E-state index >= 15 is 0 Å². The van der Waals surface area contributed by atoms with Crippen LogP contribution >= 0.6 is 23.2 Å². The van der Waals surface area contributed by atoms with Crippen molar-refractivity contribution in [1.29, 1.82) is 0 Å². The Balaban J connectivity index is 2.09. The van der Waals surface area contributed by atoms with Crippen molar-refractivity contribution in [2.75, 3.05) is 17.2 Å². The molecule has 0 aliphatic carbocycles. The maximum atomic E-state index is 6.11. The van der Waals surface area contributed by atoms with Crippen LogP contribution in [0, 0.1) is 0 Å². The molecule has 0 unspecified atom stereocenters. The van der Waals surface area contributed by atoms with Gasteiger partial charge in [0.1, 0.15) is 5.82 Å². The number of nitrogens with one attached hydrogen (secondary N) is 2. The molecular weight excluding hydrogens is 295 g/mol. The summed E-state index contributed by atoms with van der Waals surface area (Å²) in [5.74, 6) is 1.27. The zero-order chi connectivity index (χ0) is 14.4. The molecule has 4 nitrogen and oxygen atoms in total. The molecule has 2 N–H and O–H groups in total. The van der Waals surface area contributed by atoms with Gasteiger partial charge in [-0.15, -0.1) is 0 Å². The lowest BCUT2D eigenvalue weighted by molar-refractivity contribution is 0.826. The van der Waals surface area contributed by atoms with Gasteiger partial charge in [-0.1, -0.05) is 36.5 Å². The second kappa shape index (κ2) is 7.31. The highest BCUT2D eigenvalue weighted by molar-refractivity contribution is 6.35. The minimum Gasteiger partial charge on any atom is -0.354 e. The Hall–Kier alpha value is -1.52. The maximum absolute atomic E-state index is 6.11. The van der Waals surface area contributed by atoms with Gasteiger partial charge < -0.3 is 10.6 Å². The zero-order valence-corrected chi connectivity index (χ0v) is 12.7. The van der Waals surface area contributed by atoms with Gasteiger partial charge >= 0.3 is 0 Å². The fraction of sp³-hybridized carbons (Fsp3) is 0.286. The third-order valence-corrected chi connectivity index (χ3v) is 3.22. The van der Waals surface area contributed by atoms with Crippen LogP contribution < -0.4 is 10.6 Å². The Morgan fingerprint density at radius 3 is 2.85 bits per heavy atom. The second-order valence-electron chi connectivity index (χ2n) is 4.29. The van der Waals surface area contributed by atoms with Gasteiger partial charge in [-0.05, 0) is 30.7 Å². The van der Waals surface area contributed by atoms with Gasteiger partial charge in [0.25, 0.3) is 0 Å². The van der Waals surface area contributed by atoms with Crippen LogP contribution in [-0.2, 0) is 0 Å². The molecule has 0 radical (unpaired) electrons. The van der Waals surface area contributed by atoms with E-state index < -0.39 is 0 Å². The molecule has 0 bridgehead atoms. The van der Waals surface area contributed by atoms with Crippen LogP contribution in [0.4, 0.5) is 17.5 Å². The molecule has 0 amide bonds. The fourth-order valence-corrected chi connectivity index (χ4v) is 1.96. The number of hydrogen-bond acceptors (Lipinski definition) is 4. The summed E-state index contributed by atoms with van der Waals surface area (Å²) in [6.07, 6.45) is 3.91. The minimum atomic E-state index is 0.591. The van der Waals surface area contributed by atoms with Gasteiger partial charge in [0, 0.05) is 17.8 Å². The van der Waals surface area contributed by atoms with Gasteiger partial charge in [-0.3, -0.25) is 0 Å². The zero-order valence-electron chi connectivity index (χ0n) is 11.2. The number of unbranched alkanes of at least 4 members (excludes halogenated alkanes) is 1. The molecule has 0 fully saturated rings. The molecular formula is C14H16Cl2N4. The van der Waals surface area contributed by atoms with E-state index in [4.69, 9.17) is 23.2 Å². The predicted molar refractivity (Wildman–Crippen MR) is 85.2 cm³/mol. The quantitative estimate of drug-likeness (QED) is 0.757. The highest BCUT2D eigenvalue weighted by atomic mass is 35.5. The van der Waals surface area contributed by atoms with Gasteiger partial charge in [-0.2, -0.15) is 4.98 Å². The van der Waals surface area contributed by atoms with Crippen molar-refractivity contribution >= 4 is 40.7 Å². The Labute approximate surface area is 128 Å². The fourth-order valence-electron chi connectivity index (χ4n) is 1.62. The first-order chi connectivity index (χ1) is 9.69. The first kappa shape index (κ1) is 14.9. The van der Waals surface area contributed by atoms with Crippen molar-refractivity contribution in [1.82, 2.24) is 9.97 Å². The molecule has 0 saturated heterocycles. The lowest BCUT2D eigenvalue weighted by atomic mass is 10.3. The molecule has 0 spiro atoms. The van der Waals surface area contributed by atoms with E-state index in [0.717, 1.165) is 25.1 Å². The number of aromatic nitrogens is 2. The molecule has 6 heteroatoms. The molecule has 1 aromatic carbocycles. The molecule has 0 atom stereocenters. The molecule has 0 saturated carbocycles. The van der Waals surface area contributed by atoms with Crippen LogP contribution in [0.3, 0.4) is 0 Å². The van der Waals surface area contributed by atoms with Crippen molar-refractivity contribution in [2.45, 2.75) is 19.8 Å². The van der Waals surface area contributed by atoms with E-state index in [2.05, 4.69) is 27.5 Å². The van der Waals surface area contributed by atoms with E-state index in [1.165, 1.54) is 0 Å². The Kier molecular flexibility index (Phi) is 5.44. The van der Waals surface area contributed by atoms with E-state index in [1.54, 1.807) is 30.5 Å². The van der Waals surface area contributed by atoms with E-state index in [9.17, 15) is 0 Å². The average molecular weight is 311 g/mol. The molecule has 20 heavy (non-hydrogen) atoms. The first-order valence-corrected chi connectivity index (χ1v) is 7.23. The standard InChI is InChI=1S/C14H16Cl2N4/c1-2-3-7-17-14-18-8-6-13(20-14)19-12-9-10(15)4-5-11(12)16/h4-6,8-9H,2-3,7H2,1H3,(H2,17,18,19,20). The maximum Gasteiger partial charge on any atom is 0.224 e. The van der Waals surface area contributed by atoms with Crippen molar-refractivity contribution < 1.29 is 0 Å². The lowest BCUT2D eigenvalue weighted by Crippen LogP contribution is -2.06. The van der Waals surface area contributed by atoms with E-state index in [0.29, 0.717) is 21.8 Å². The summed E-state index contributed by atoms with van der Waals surface area (Å²) >= 11 is 12.1. The Bertz CT molecular complexity index is 575. The normalized spacial score (nSPS) is 10.3. The molecule has 2 aromatic rings. The van der Waals surface area contributed by atoms with Crippen molar-refractivity contribution in [3.63, 3.8) is 0 Å². The topological polar surface area (TPSA) is 49.8 Å². The summed E-state index contributed by atoms with van der Waals surface area (Å²) in [7, 11) is 0. The van der Waals surface area contributed by atoms with Crippen molar-refractivity contribution in [2.24, 2.45) is 0 Å². The summed E-state index contributed by atoms with van der Waals surface area (Å²) in [5.41, 5.74) is 0.720. The van der Waals surface area contributed by atoms with Crippen molar-refractivity contribution in [3.05, 3.63) is 40.5 Å². The van der Waals surface area contributed by atoms with Crippen LogP contribution in [-0.4, -0.2) is 16.5 Å². The number of nitrogens with zero attached hydrogens (tertiary/aromatic N) is 2. The van der Waals surface area contributed by atoms with Gasteiger partial charge in [-0.25, -0.2) is 4.98 Å². The second-order valence-corrected chi connectivity index (χ2v) is 5.14. The third-order valence-electron chi connectivity index (χ3n) is 2.66. The molecule has 0 aliphatic heterocycles. The number of halogens is 2. The SMILES string of the molecule is CCCCNc1nccc(Nc2cc(Cl)ccc2Cl)n1. The summed E-state index contributed by atoms with van der Waals surface area (Å²) in [6.45, 7) is 3.00. The van der Waals surface area contributed by atoms with Gasteiger partial charge in [0.2, 0.25) is 5.95 Å². The number of anilines is 3. The lowest BCUT2D eigenvalue weighted by Gasteiger charge is -2.09. The molecule has 0 aliphatic rings. The number of benzene rings is 1. The Morgan fingerprint density at radius 2 is 2.05 bits per heavy atom. The molecule has 1 aromatic heterocycles. The van der Waals surface area contributed by atoms with Crippen molar-refractivity contribution in [3.8, 4) is 0 Å². The smallest absolute Gasteiger partial charge is 0.224 e. The third kappa shape index (κ3) is 4.25. The predicted octanol–water partition coefficient (Wildman–Crippen LogP) is 4.74. The summed E-state index contributed by atoms with van der Waals surface area (Å²) in [6, 6.07) is 7.03. The Morgan fingerprint density at radius 1 is 1.20 bits per heavy atom. The highest BCUT2D eigenvalue weighted by Gasteiger charge is 2.04. The number of hydrogen-bond donors (Lipinski definition) is 2. The van der Waals surface area contributed by atoms with Crippen LogP contribution in [0.2, 0.25) is 10.0 Å². The molecule has 106 valence electrons. The van der Waals surface area contributed by atoms with Crippen LogP contribution in [0.25, 0.3) is 0 Å². The van der Waals surface area contributed by atoms with Crippen LogP contribution in [0.1, 0.15) is 19.8 Å².